The molecule has 2 N–H and O–H groups in total. The van der Waals surface area contributed by atoms with Crippen molar-refractivity contribution < 1.29 is 41.8 Å². The standard InChI is InChI=1S/C34H32Cl2F4N4O5/c1-33(2,3)49-32(48)42-31-43(4)11-12-44(31)10-9-19-13-21(24-7-6-23(37)17-25(24)34(38,39)40)15-22(14-19)30(47)41-28(18-29(45)46)20-5-8-26(35)27(36)16-20/h5-8,11-17,28H,9-10,18H2,1-4H3,(H,41,47)(H,45,46). The minimum absolute atomic E-state index is 0.0315. The quantitative estimate of drug-likeness (QED) is 0.170. The van der Waals surface area contributed by atoms with E-state index in [4.69, 9.17) is 27.9 Å². The van der Waals surface area contributed by atoms with Gasteiger partial charge in [-0.2, -0.15) is 13.2 Å². The average molecular weight is 724 g/mol. The summed E-state index contributed by atoms with van der Waals surface area (Å²) in [4.78, 5) is 41.9. The number of benzene rings is 3. The Hall–Kier alpha value is -4.62. The van der Waals surface area contributed by atoms with Gasteiger partial charge in [-0.15, -0.1) is 4.99 Å². The zero-order valence-corrected chi connectivity index (χ0v) is 28.3. The molecule has 4 aromatic rings. The zero-order chi connectivity index (χ0) is 36.3. The van der Waals surface area contributed by atoms with Crippen molar-refractivity contribution in [3.8, 4) is 11.1 Å². The number of carbonyl (C=O) groups excluding carboxylic acids is 2. The third kappa shape index (κ3) is 9.96. The molecule has 0 fully saturated rings. The van der Waals surface area contributed by atoms with Crippen LogP contribution in [-0.2, 0) is 35.7 Å². The van der Waals surface area contributed by atoms with Crippen molar-refractivity contribution in [2.45, 2.75) is 58.0 Å². The summed E-state index contributed by atoms with van der Waals surface area (Å²) < 4.78 is 64.7. The second kappa shape index (κ2) is 14.9. The number of aryl methyl sites for hydroxylation is 3. The molecular weight excluding hydrogens is 691 g/mol. The van der Waals surface area contributed by atoms with Crippen molar-refractivity contribution in [1.82, 2.24) is 14.5 Å². The lowest BCUT2D eigenvalue weighted by molar-refractivity contribution is -0.138. The van der Waals surface area contributed by atoms with Crippen LogP contribution in [0, 0.1) is 5.82 Å². The van der Waals surface area contributed by atoms with Gasteiger partial charge in [-0.1, -0.05) is 41.4 Å². The second-order valence-electron chi connectivity index (χ2n) is 12.1. The predicted molar refractivity (Wildman–Crippen MR) is 175 cm³/mol. The summed E-state index contributed by atoms with van der Waals surface area (Å²) in [5.41, 5.74) is -1.54. The molecule has 15 heteroatoms. The number of rotatable bonds is 9. The molecule has 3 aromatic carbocycles. The number of hydrogen-bond acceptors (Lipinski definition) is 4. The topological polar surface area (TPSA) is 115 Å². The van der Waals surface area contributed by atoms with E-state index in [2.05, 4.69) is 10.3 Å². The van der Waals surface area contributed by atoms with Crippen molar-refractivity contribution in [3.05, 3.63) is 111 Å². The molecule has 0 bridgehead atoms. The van der Waals surface area contributed by atoms with Crippen LogP contribution in [0.3, 0.4) is 0 Å². The Balaban J connectivity index is 1.77. The molecule has 1 atom stereocenters. The maximum atomic E-state index is 14.1. The molecule has 260 valence electrons. The summed E-state index contributed by atoms with van der Waals surface area (Å²) in [6.45, 7) is 5.26. The highest BCUT2D eigenvalue weighted by atomic mass is 35.5. The molecule has 2 amide bonds. The minimum atomic E-state index is -4.92. The molecule has 0 aliphatic rings. The number of alkyl halides is 3. The SMILES string of the molecule is Cn1ccn(CCc2cc(C(=O)NC(CC(=O)O)c3ccc(Cl)c(Cl)c3)cc(-c3ccc(F)cc3C(F)(F)F)c2)c1=NC(=O)OC(C)(C)C. The van der Waals surface area contributed by atoms with E-state index in [9.17, 15) is 37.1 Å². The smallest absolute Gasteiger partial charge is 0.437 e. The highest BCUT2D eigenvalue weighted by molar-refractivity contribution is 6.42. The summed E-state index contributed by atoms with van der Waals surface area (Å²) in [6, 6.07) is 9.61. The third-order valence-corrected chi connectivity index (χ3v) is 7.89. The number of nitrogens with one attached hydrogen (secondary N) is 1. The number of ether oxygens (including phenoxy) is 1. The van der Waals surface area contributed by atoms with Crippen molar-refractivity contribution in [3.63, 3.8) is 0 Å². The number of carboxylic acids is 1. The molecule has 0 aliphatic carbocycles. The summed E-state index contributed by atoms with van der Waals surface area (Å²) in [7, 11) is 1.66. The Morgan fingerprint density at radius 1 is 0.980 bits per heavy atom. The van der Waals surface area contributed by atoms with Gasteiger partial charge in [-0.05, 0) is 85.8 Å². The van der Waals surface area contributed by atoms with Gasteiger partial charge < -0.3 is 24.3 Å². The Kier molecular flexibility index (Phi) is 11.3. The number of amides is 2. The Morgan fingerprint density at radius 2 is 1.69 bits per heavy atom. The average Bonchev–Trinajstić information content (AvgIpc) is 3.33. The van der Waals surface area contributed by atoms with Crippen LogP contribution in [0.15, 0.2) is 72.0 Å². The van der Waals surface area contributed by atoms with Gasteiger partial charge in [-0.3, -0.25) is 9.59 Å². The molecule has 9 nitrogen and oxygen atoms in total. The van der Waals surface area contributed by atoms with Crippen LogP contribution in [0.25, 0.3) is 11.1 Å². The van der Waals surface area contributed by atoms with Gasteiger partial charge in [0.15, 0.2) is 0 Å². The highest BCUT2D eigenvalue weighted by Gasteiger charge is 2.34. The lowest BCUT2D eigenvalue weighted by atomic mass is 9.94. The molecule has 49 heavy (non-hydrogen) atoms. The maximum absolute atomic E-state index is 14.1. The third-order valence-electron chi connectivity index (χ3n) is 7.15. The first kappa shape index (κ1) is 37.2. The van der Waals surface area contributed by atoms with Gasteiger partial charge >= 0.3 is 18.2 Å². The van der Waals surface area contributed by atoms with Crippen LogP contribution in [0.2, 0.25) is 10.0 Å². The van der Waals surface area contributed by atoms with Crippen molar-refractivity contribution in [1.29, 1.82) is 0 Å². The maximum Gasteiger partial charge on any atom is 0.437 e. The largest absolute Gasteiger partial charge is 0.481 e. The summed E-state index contributed by atoms with van der Waals surface area (Å²) >= 11 is 12.1. The molecule has 0 spiro atoms. The van der Waals surface area contributed by atoms with Gasteiger partial charge in [0.05, 0.1) is 28.1 Å². The van der Waals surface area contributed by atoms with Crippen LogP contribution >= 0.6 is 23.2 Å². The Bertz CT molecular complexity index is 1960. The first-order valence-corrected chi connectivity index (χ1v) is 15.5. The van der Waals surface area contributed by atoms with Gasteiger partial charge in [0.1, 0.15) is 11.4 Å². The zero-order valence-electron chi connectivity index (χ0n) is 26.7. The van der Waals surface area contributed by atoms with E-state index < -0.39 is 53.6 Å². The van der Waals surface area contributed by atoms with Crippen LogP contribution < -0.4 is 10.9 Å². The Morgan fingerprint density at radius 3 is 2.33 bits per heavy atom. The predicted octanol–water partition coefficient (Wildman–Crippen LogP) is 7.98. The molecular formula is C34H32Cl2F4N4O5. The number of carboxylic acid groups (broad SMARTS) is 1. The highest BCUT2D eigenvalue weighted by Crippen LogP contribution is 2.38. The molecule has 0 saturated carbocycles. The number of aromatic nitrogens is 2. The monoisotopic (exact) mass is 722 g/mol. The van der Waals surface area contributed by atoms with Gasteiger partial charge in [-0.25, -0.2) is 9.18 Å². The van der Waals surface area contributed by atoms with Gasteiger partial charge in [0.2, 0.25) is 5.62 Å². The van der Waals surface area contributed by atoms with Crippen LogP contribution in [0.4, 0.5) is 22.4 Å². The van der Waals surface area contributed by atoms with Crippen molar-refractivity contribution >= 4 is 41.2 Å². The van der Waals surface area contributed by atoms with E-state index in [-0.39, 0.29) is 45.3 Å². The van der Waals surface area contributed by atoms with Crippen LogP contribution in [-0.4, -0.2) is 37.8 Å². The van der Waals surface area contributed by atoms with Crippen LogP contribution in [0.1, 0.15) is 60.3 Å². The lowest BCUT2D eigenvalue weighted by Crippen LogP contribution is -2.30. The van der Waals surface area contributed by atoms with Gasteiger partial charge in [0, 0.05) is 31.5 Å². The number of halogens is 6. The number of nitrogens with zero attached hydrogens (tertiary/aromatic N) is 3. The van der Waals surface area contributed by atoms with E-state index >= 15 is 0 Å². The molecule has 0 radical (unpaired) electrons. The van der Waals surface area contributed by atoms with Crippen LogP contribution in [0.5, 0.6) is 0 Å². The molecule has 4 rings (SSSR count). The van der Waals surface area contributed by atoms with Crippen molar-refractivity contribution in [2.24, 2.45) is 12.0 Å². The summed E-state index contributed by atoms with van der Waals surface area (Å²) in [6.07, 6.45) is -2.84. The van der Waals surface area contributed by atoms with E-state index in [1.165, 1.54) is 36.4 Å². The normalized spacial score (nSPS) is 12.9. The fraction of sp³-hybridized carbons (Fsp3) is 0.294. The van der Waals surface area contributed by atoms with E-state index in [0.717, 1.165) is 12.1 Å². The second-order valence-corrected chi connectivity index (χ2v) is 13.0. The number of imidazole rings is 1. The van der Waals surface area contributed by atoms with E-state index in [0.29, 0.717) is 17.2 Å². The molecule has 1 unspecified atom stereocenters. The summed E-state index contributed by atoms with van der Waals surface area (Å²) in [5.74, 6) is -3.12. The fourth-order valence-corrected chi connectivity index (χ4v) is 5.28. The number of carbonyl (C=O) groups is 3. The first-order valence-electron chi connectivity index (χ1n) is 14.8. The number of hydrogen-bond donors (Lipinski definition) is 2. The fourth-order valence-electron chi connectivity index (χ4n) is 4.97. The lowest BCUT2D eigenvalue weighted by Gasteiger charge is -2.20. The molecule has 1 heterocycles. The first-order chi connectivity index (χ1) is 22.8. The Labute approximate surface area is 288 Å². The molecule has 1 aromatic heterocycles. The molecule has 0 aliphatic heterocycles. The molecule has 0 saturated heterocycles. The summed E-state index contributed by atoms with van der Waals surface area (Å²) in [5, 5.41) is 12.5. The van der Waals surface area contributed by atoms with Crippen molar-refractivity contribution in [2.75, 3.05) is 0 Å². The minimum Gasteiger partial charge on any atom is -0.481 e. The van der Waals surface area contributed by atoms with E-state index in [1.807, 2.05) is 0 Å². The number of aliphatic carboxylic acids is 1. The van der Waals surface area contributed by atoms with E-state index in [1.54, 1.807) is 49.3 Å². The van der Waals surface area contributed by atoms with Gasteiger partial charge in [0.25, 0.3) is 5.91 Å².